The number of hydrogen-bond acceptors (Lipinski definition) is 5. The van der Waals surface area contributed by atoms with Gasteiger partial charge in [-0.25, -0.2) is 0 Å². The van der Waals surface area contributed by atoms with Crippen molar-refractivity contribution in [2.24, 2.45) is 5.73 Å². The first-order valence-corrected chi connectivity index (χ1v) is 6.13. The molecule has 1 aromatic rings. The highest BCUT2D eigenvalue weighted by Gasteiger charge is 2.25. The largest absolute Gasteiger partial charge is 0.493 e. The molecule has 0 saturated heterocycles. The fraction of sp³-hybridized carbons (Fsp3) is 0.455. The molecular weight excluding hydrogens is 304 g/mol. The van der Waals surface area contributed by atoms with Crippen LogP contribution in [0.5, 0.6) is 11.5 Å². The van der Waals surface area contributed by atoms with Crippen LogP contribution in [-0.4, -0.2) is 25.7 Å². The first-order valence-electron chi connectivity index (χ1n) is 5.34. The fourth-order valence-electron chi connectivity index (χ4n) is 1.67. The first kappa shape index (κ1) is 14.7. The molecule has 0 aliphatic rings. The van der Waals surface area contributed by atoms with E-state index in [-0.39, 0.29) is 5.69 Å². The lowest BCUT2D eigenvalue weighted by molar-refractivity contribution is -0.386. The number of nitrogens with two attached hydrogens (primary N) is 1. The number of rotatable bonds is 6. The van der Waals surface area contributed by atoms with Gasteiger partial charge < -0.3 is 15.2 Å². The zero-order valence-corrected chi connectivity index (χ0v) is 11.8. The Bertz CT molecular complexity index is 451. The summed E-state index contributed by atoms with van der Waals surface area (Å²) < 4.78 is 10.6. The molecule has 0 aliphatic carbocycles. The van der Waals surface area contributed by atoms with Gasteiger partial charge in [-0.1, -0.05) is 0 Å². The van der Waals surface area contributed by atoms with Gasteiger partial charge in [0.25, 0.3) is 5.69 Å². The van der Waals surface area contributed by atoms with Crippen LogP contribution in [-0.2, 0) is 6.42 Å². The molecule has 7 heteroatoms. The summed E-state index contributed by atoms with van der Waals surface area (Å²) in [6.45, 7) is 0.475. The SMILES string of the molecule is COc1cc(CCCN)c([N+](=O)[O-])c(Br)c1OC. The molecule has 18 heavy (non-hydrogen) atoms. The van der Waals surface area contributed by atoms with E-state index >= 15 is 0 Å². The Morgan fingerprint density at radius 2 is 2.11 bits per heavy atom. The van der Waals surface area contributed by atoms with E-state index in [4.69, 9.17) is 15.2 Å². The quantitative estimate of drug-likeness (QED) is 0.642. The number of hydrogen-bond donors (Lipinski definition) is 1. The van der Waals surface area contributed by atoms with Gasteiger partial charge in [0.2, 0.25) is 0 Å². The number of methoxy groups -OCH3 is 2. The molecule has 0 amide bonds. The number of benzene rings is 1. The van der Waals surface area contributed by atoms with Crippen LogP contribution in [0.1, 0.15) is 12.0 Å². The van der Waals surface area contributed by atoms with Crippen LogP contribution in [0.4, 0.5) is 5.69 Å². The molecule has 0 radical (unpaired) electrons. The molecule has 1 aromatic carbocycles. The van der Waals surface area contributed by atoms with E-state index in [9.17, 15) is 10.1 Å². The Hall–Kier alpha value is -1.34. The van der Waals surface area contributed by atoms with Gasteiger partial charge in [-0.3, -0.25) is 10.1 Å². The molecule has 2 N–H and O–H groups in total. The molecule has 0 spiro atoms. The second-order valence-corrected chi connectivity index (χ2v) is 4.38. The van der Waals surface area contributed by atoms with E-state index in [1.807, 2.05) is 0 Å². The van der Waals surface area contributed by atoms with Crippen LogP contribution < -0.4 is 15.2 Å². The van der Waals surface area contributed by atoms with E-state index in [1.54, 1.807) is 6.07 Å². The number of halogens is 1. The monoisotopic (exact) mass is 318 g/mol. The Labute approximate surface area is 113 Å². The highest BCUT2D eigenvalue weighted by atomic mass is 79.9. The third-order valence-electron chi connectivity index (χ3n) is 2.50. The van der Waals surface area contributed by atoms with Crippen molar-refractivity contribution in [3.05, 3.63) is 26.2 Å². The zero-order valence-electron chi connectivity index (χ0n) is 10.2. The maximum atomic E-state index is 11.1. The average Bonchev–Trinajstić information content (AvgIpc) is 2.34. The molecule has 0 heterocycles. The third kappa shape index (κ3) is 2.91. The second kappa shape index (κ2) is 6.55. The fourth-order valence-corrected chi connectivity index (χ4v) is 2.43. The molecule has 100 valence electrons. The minimum atomic E-state index is -0.433. The molecule has 0 fully saturated rings. The lowest BCUT2D eigenvalue weighted by Crippen LogP contribution is -2.04. The van der Waals surface area contributed by atoms with Crippen molar-refractivity contribution >= 4 is 21.6 Å². The molecule has 0 atom stereocenters. The second-order valence-electron chi connectivity index (χ2n) is 3.58. The minimum absolute atomic E-state index is 0.00102. The normalized spacial score (nSPS) is 10.2. The standard InChI is InChI=1S/C11H15BrN2O4/c1-17-8-6-7(4-3-5-13)10(14(15)16)9(12)11(8)18-2/h6H,3-5,13H2,1-2H3. The van der Waals surface area contributed by atoms with Gasteiger partial charge in [-0.2, -0.15) is 0 Å². The summed E-state index contributed by atoms with van der Waals surface area (Å²) in [5, 5.41) is 11.1. The van der Waals surface area contributed by atoms with Crippen LogP contribution in [0.2, 0.25) is 0 Å². The molecule has 0 bridgehead atoms. The van der Waals surface area contributed by atoms with Gasteiger partial charge in [-0.05, 0) is 41.4 Å². The van der Waals surface area contributed by atoms with Gasteiger partial charge >= 0.3 is 0 Å². The van der Waals surface area contributed by atoms with Gasteiger partial charge in [0.05, 0.1) is 19.1 Å². The van der Waals surface area contributed by atoms with Crippen molar-refractivity contribution in [3.63, 3.8) is 0 Å². The lowest BCUT2D eigenvalue weighted by Gasteiger charge is -2.12. The molecule has 6 nitrogen and oxygen atoms in total. The summed E-state index contributed by atoms with van der Waals surface area (Å²) in [6, 6.07) is 1.62. The number of nitrogens with zero attached hydrogens (tertiary/aromatic N) is 1. The van der Waals surface area contributed by atoms with Gasteiger partial charge in [-0.15, -0.1) is 0 Å². The predicted molar refractivity (Wildman–Crippen MR) is 71.3 cm³/mol. The lowest BCUT2D eigenvalue weighted by atomic mass is 10.1. The Morgan fingerprint density at radius 3 is 2.56 bits per heavy atom. The summed E-state index contributed by atoms with van der Waals surface area (Å²) >= 11 is 3.20. The molecular formula is C11H15BrN2O4. The van der Waals surface area contributed by atoms with Crippen LogP contribution in [0.15, 0.2) is 10.5 Å². The molecule has 0 unspecified atom stereocenters. The zero-order chi connectivity index (χ0) is 13.7. The molecule has 0 saturated carbocycles. The third-order valence-corrected chi connectivity index (χ3v) is 3.23. The Balaban J connectivity index is 3.39. The van der Waals surface area contributed by atoms with Crippen LogP contribution in [0.3, 0.4) is 0 Å². The summed E-state index contributed by atoms with van der Waals surface area (Å²) in [5.41, 5.74) is 6.01. The van der Waals surface area contributed by atoms with Crippen LogP contribution in [0.25, 0.3) is 0 Å². The topological polar surface area (TPSA) is 87.6 Å². The van der Waals surface area contributed by atoms with Crippen molar-refractivity contribution in [2.45, 2.75) is 12.8 Å². The summed E-state index contributed by atoms with van der Waals surface area (Å²) in [4.78, 5) is 10.7. The van der Waals surface area contributed by atoms with Crippen LogP contribution in [0, 0.1) is 10.1 Å². The van der Waals surface area contributed by atoms with E-state index in [0.29, 0.717) is 40.9 Å². The smallest absolute Gasteiger partial charge is 0.290 e. The van der Waals surface area contributed by atoms with E-state index in [1.165, 1.54) is 14.2 Å². The Morgan fingerprint density at radius 1 is 1.44 bits per heavy atom. The van der Waals surface area contributed by atoms with Crippen molar-refractivity contribution in [1.29, 1.82) is 0 Å². The number of nitro benzene ring substituents is 1. The van der Waals surface area contributed by atoms with E-state index in [2.05, 4.69) is 15.9 Å². The van der Waals surface area contributed by atoms with E-state index < -0.39 is 4.92 Å². The Kier molecular flexibility index (Phi) is 5.36. The minimum Gasteiger partial charge on any atom is -0.493 e. The number of aryl methyl sites for hydroxylation is 1. The van der Waals surface area contributed by atoms with Crippen molar-refractivity contribution < 1.29 is 14.4 Å². The summed E-state index contributed by atoms with van der Waals surface area (Å²) in [6.07, 6.45) is 1.19. The summed E-state index contributed by atoms with van der Waals surface area (Å²) in [7, 11) is 2.93. The van der Waals surface area contributed by atoms with E-state index in [0.717, 1.165) is 0 Å². The van der Waals surface area contributed by atoms with Crippen molar-refractivity contribution in [2.75, 3.05) is 20.8 Å². The highest BCUT2D eigenvalue weighted by Crippen LogP contribution is 2.44. The van der Waals surface area contributed by atoms with Gasteiger partial charge in [0.1, 0.15) is 4.47 Å². The maximum Gasteiger partial charge on any atom is 0.290 e. The molecule has 0 aromatic heterocycles. The maximum absolute atomic E-state index is 11.1. The number of nitro groups is 1. The molecule has 0 aliphatic heterocycles. The number of ether oxygens (including phenoxy) is 2. The average molecular weight is 319 g/mol. The van der Waals surface area contributed by atoms with Gasteiger partial charge in [0.15, 0.2) is 11.5 Å². The predicted octanol–water partition coefficient (Wildman–Crippen LogP) is 2.27. The van der Waals surface area contributed by atoms with Crippen molar-refractivity contribution in [1.82, 2.24) is 0 Å². The first-order chi connectivity index (χ1) is 8.56. The molecule has 1 rings (SSSR count). The van der Waals surface area contributed by atoms with Gasteiger partial charge in [0, 0.05) is 5.56 Å². The van der Waals surface area contributed by atoms with Crippen molar-refractivity contribution in [3.8, 4) is 11.5 Å². The highest BCUT2D eigenvalue weighted by molar-refractivity contribution is 9.10. The summed E-state index contributed by atoms with van der Waals surface area (Å²) in [5.74, 6) is 0.780. The van der Waals surface area contributed by atoms with Crippen LogP contribution >= 0.6 is 15.9 Å².